The van der Waals surface area contributed by atoms with Crippen molar-refractivity contribution in [1.82, 2.24) is 14.9 Å². The largest absolute Gasteiger partial charge is 0.412 e. The van der Waals surface area contributed by atoms with Gasteiger partial charge in [0.25, 0.3) is 5.91 Å². The highest BCUT2D eigenvalue weighted by Crippen LogP contribution is 2.34. The van der Waals surface area contributed by atoms with Gasteiger partial charge in [-0.1, -0.05) is 92.7 Å². The Balaban J connectivity index is 1.37. The molecule has 1 aromatic heterocycles. The van der Waals surface area contributed by atoms with E-state index in [0.717, 1.165) is 33.6 Å². The molecule has 4 nitrogen and oxygen atoms in total. The molecule has 40 heavy (non-hydrogen) atoms. The Bertz CT molecular complexity index is 1640. The van der Waals surface area contributed by atoms with Crippen LogP contribution in [0.4, 0.5) is 13.2 Å². The second-order valence-electron chi connectivity index (χ2n) is 10.3. The second-order valence-corrected chi connectivity index (χ2v) is 10.3. The van der Waals surface area contributed by atoms with E-state index in [9.17, 15) is 18.0 Å². The molecule has 5 aromatic rings. The number of fused-ring (bicyclic) bond motifs is 1. The summed E-state index contributed by atoms with van der Waals surface area (Å²) in [6.45, 7) is 6.28. The first-order valence-electron chi connectivity index (χ1n) is 13.2. The summed E-state index contributed by atoms with van der Waals surface area (Å²) in [5.74, 6) is 0.00772. The molecular weight excluding hydrogens is 511 g/mol. The SMILES string of the molecule is Cc1nc2cc(C(=O)N[C@H](c3cccc(C(C)C)c3)C(F)(F)F)ccc2n1Cc1ccc(-c2ccccc2)cc1. The highest BCUT2D eigenvalue weighted by molar-refractivity contribution is 5.97. The van der Waals surface area contributed by atoms with Gasteiger partial charge < -0.3 is 9.88 Å². The Morgan fingerprint density at radius 1 is 0.850 bits per heavy atom. The van der Waals surface area contributed by atoms with Gasteiger partial charge in [-0.3, -0.25) is 4.79 Å². The van der Waals surface area contributed by atoms with Crippen LogP contribution in [0.15, 0.2) is 97.1 Å². The number of amides is 1. The number of hydrogen-bond acceptors (Lipinski definition) is 2. The molecule has 0 aliphatic carbocycles. The van der Waals surface area contributed by atoms with Crippen molar-refractivity contribution < 1.29 is 18.0 Å². The molecule has 0 unspecified atom stereocenters. The minimum Gasteiger partial charge on any atom is -0.337 e. The zero-order chi connectivity index (χ0) is 28.4. The molecular formula is C33H30F3N3O. The summed E-state index contributed by atoms with van der Waals surface area (Å²) in [6, 6.07) is 27.4. The molecule has 4 aromatic carbocycles. The van der Waals surface area contributed by atoms with Crippen LogP contribution >= 0.6 is 0 Å². The number of alkyl halides is 3. The normalized spacial score (nSPS) is 12.6. The van der Waals surface area contributed by atoms with E-state index in [1.165, 1.54) is 12.1 Å². The van der Waals surface area contributed by atoms with Gasteiger partial charge in [-0.25, -0.2) is 4.98 Å². The summed E-state index contributed by atoms with van der Waals surface area (Å²) in [4.78, 5) is 17.6. The van der Waals surface area contributed by atoms with E-state index in [2.05, 4.69) is 46.7 Å². The van der Waals surface area contributed by atoms with Crippen LogP contribution in [0, 0.1) is 6.92 Å². The lowest BCUT2D eigenvalue weighted by molar-refractivity contribution is -0.155. The number of rotatable bonds is 7. The predicted molar refractivity (Wildman–Crippen MR) is 152 cm³/mol. The van der Waals surface area contributed by atoms with Gasteiger partial charge in [0.05, 0.1) is 11.0 Å². The maximum absolute atomic E-state index is 14.0. The molecule has 0 saturated carbocycles. The van der Waals surface area contributed by atoms with Crippen LogP contribution < -0.4 is 5.32 Å². The zero-order valence-corrected chi connectivity index (χ0v) is 22.5. The fraction of sp³-hybridized carbons (Fsp3) is 0.212. The average Bonchev–Trinajstić information content (AvgIpc) is 3.25. The summed E-state index contributed by atoms with van der Waals surface area (Å²) in [5.41, 5.74) is 5.61. The molecule has 0 bridgehead atoms. The molecule has 0 aliphatic rings. The van der Waals surface area contributed by atoms with Crippen LogP contribution in [0.2, 0.25) is 0 Å². The van der Waals surface area contributed by atoms with E-state index in [1.807, 2.05) is 43.5 Å². The Morgan fingerprint density at radius 2 is 1.52 bits per heavy atom. The number of carbonyl (C=O) groups is 1. The third-order valence-electron chi connectivity index (χ3n) is 7.12. The van der Waals surface area contributed by atoms with Crippen LogP contribution in [0.3, 0.4) is 0 Å². The molecule has 1 amide bonds. The van der Waals surface area contributed by atoms with Crippen molar-refractivity contribution >= 4 is 16.9 Å². The predicted octanol–water partition coefficient (Wildman–Crippen LogP) is 8.22. The standard InChI is InChI=1S/C33H30F3N3O/c1-21(2)26-10-7-11-27(18-26)31(33(34,35)36)38-32(40)28-16-17-30-29(19-28)37-22(3)39(30)20-23-12-14-25(15-13-23)24-8-5-4-6-9-24/h4-19,21,31H,20H2,1-3H3,(H,38,40)/t31-/m1/s1. The third kappa shape index (κ3) is 5.78. The monoisotopic (exact) mass is 541 g/mol. The smallest absolute Gasteiger partial charge is 0.337 e. The molecule has 1 N–H and O–H groups in total. The topological polar surface area (TPSA) is 46.9 Å². The van der Waals surface area contributed by atoms with Crippen molar-refractivity contribution in [3.63, 3.8) is 0 Å². The van der Waals surface area contributed by atoms with Crippen molar-refractivity contribution in [2.45, 2.75) is 45.5 Å². The molecule has 5 rings (SSSR count). The van der Waals surface area contributed by atoms with Gasteiger partial charge in [-0.05, 0) is 58.9 Å². The fourth-order valence-corrected chi connectivity index (χ4v) is 4.87. The van der Waals surface area contributed by atoms with Crippen molar-refractivity contribution in [2.24, 2.45) is 0 Å². The van der Waals surface area contributed by atoms with Crippen LogP contribution in [-0.2, 0) is 6.54 Å². The number of nitrogens with one attached hydrogen (secondary N) is 1. The van der Waals surface area contributed by atoms with E-state index in [4.69, 9.17) is 0 Å². The molecule has 0 aliphatic heterocycles. The van der Waals surface area contributed by atoms with E-state index < -0.39 is 18.1 Å². The van der Waals surface area contributed by atoms with Crippen molar-refractivity contribution in [3.05, 3.63) is 125 Å². The lowest BCUT2D eigenvalue weighted by atomic mass is 9.97. The molecule has 0 radical (unpaired) electrons. The Kier molecular flexibility index (Phi) is 7.48. The third-order valence-corrected chi connectivity index (χ3v) is 7.12. The maximum atomic E-state index is 14.0. The first-order chi connectivity index (χ1) is 19.1. The van der Waals surface area contributed by atoms with Gasteiger partial charge in [-0.2, -0.15) is 13.2 Å². The van der Waals surface area contributed by atoms with Crippen LogP contribution in [0.5, 0.6) is 0 Å². The maximum Gasteiger partial charge on any atom is 0.412 e. The number of imidazole rings is 1. The molecule has 0 spiro atoms. The van der Waals surface area contributed by atoms with Gasteiger partial charge in [-0.15, -0.1) is 0 Å². The number of hydrogen-bond donors (Lipinski definition) is 1. The Morgan fingerprint density at radius 3 is 2.20 bits per heavy atom. The number of halogens is 3. The summed E-state index contributed by atoms with van der Waals surface area (Å²) in [5, 5.41) is 2.20. The lowest BCUT2D eigenvalue weighted by Crippen LogP contribution is -2.38. The molecule has 7 heteroatoms. The highest BCUT2D eigenvalue weighted by atomic mass is 19.4. The Labute approximate surface area is 231 Å². The Hall–Kier alpha value is -4.39. The van der Waals surface area contributed by atoms with E-state index in [1.54, 1.807) is 30.3 Å². The first kappa shape index (κ1) is 27.2. The van der Waals surface area contributed by atoms with E-state index in [-0.39, 0.29) is 17.0 Å². The lowest BCUT2D eigenvalue weighted by Gasteiger charge is -2.23. The number of aryl methyl sites for hydroxylation is 1. The van der Waals surface area contributed by atoms with Crippen LogP contribution in [-0.4, -0.2) is 21.6 Å². The van der Waals surface area contributed by atoms with Gasteiger partial charge in [0.15, 0.2) is 6.04 Å². The molecule has 0 fully saturated rings. The summed E-state index contributed by atoms with van der Waals surface area (Å²) < 4.78 is 44.1. The molecule has 1 atom stereocenters. The van der Waals surface area contributed by atoms with Gasteiger partial charge in [0.1, 0.15) is 5.82 Å². The molecule has 0 saturated heterocycles. The van der Waals surface area contributed by atoms with Gasteiger partial charge in [0.2, 0.25) is 0 Å². The van der Waals surface area contributed by atoms with E-state index >= 15 is 0 Å². The molecule has 1 heterocycles. The number of benzene rings is 4. The van der Waals surface area contributed by atoms with Crippen LogP contribution in [0.1, 0.15) is 58.7 Å². The zero-order valence-electron chi connectivity index (χ0n) is 22.5. The summed E-state index contributed by atoms with van der Waals surface area (Å²) in [6.07, 6.45) is -4.65. The number of aromatic nitrogens is 2. The average molecular weight is 542 g/mol. The van der Waals surface area contributed by atoms with Crippen molar-refractivity contribution in [3.8, 4) is 11.1 Å². The van der Waals surface area contributed by atoms with Crippen molar-refractivity contribution in [1.29, 1.82) is 0 Å². The highest BCUT2D eigenvalue weighted by Gasteiger charge is 2.42. The van der Waals surface area contributed by atoms with Gasteiger partial charge in [0, 0.05) is 12.1 Å². The minimum atomic E-state index is -4.65. The summed E-state index contributed by atoms with van der Waals surface area (Å²) >= 11 is 0. The van der Waals surface area contributed by atoms with Crippen LogP contribution in [0.25, 0.3) is 22.2 Å². The van der Waals surface area contributed by atoms with E-state index in [0.29, 0.717) is 12.1 Å². The quantitative estimate of drug-likeness (QED) is 0.226. The first-order valence-corrected chi connectivity index (χ1v) is 13.2. The minimum absolute atomic E-state index is 0.00605. The number of carbonyl (C=O) groups excluding carboxylic acids is 1. The second kappa shape index (κ2) is 11.0. The summed E-state index contributed by atoms with van der Waals surface area (Å²) in [7, 11) is 0. The number of nitrogens with zero attached hydrogens (tertiary/aromatic N) is 2. The van der Waals surface area contributed by atoms with Gasteiger partial charge >= 0.3 is 6.18 Å². The molecule has 204 valence electrons. The fourth-order valence-electron chi connectivity index (χ4n) is 4.87. The van der Waals surface area contributed by atoms with Crippen molar-refractivity contribution in [2.75, 3.05) is 0 Å².